The highest BCUT2D eigenvalue weighted by Gasteiger charge is 2.42. The third-order valence-corrected chi connectivity index (χ3v) is 8.90. The highest BCUT2D eigenvalue weighted by Crippen LogP contribution is 2.71. The Morgan fingerprint density at radius 3 is 1.18 bits per heavy atom. The minimum Gasteiger partial charge on any atom is -0.242 e. The highest BCUT2D eigenvalue weighted by atomic mass is 32.3. The number of fused-ring (bicyclic) bond motifs is 3. The zero-order valence-corrected chi connectivity index (χ0v) is 16.2. The van der Waals surface area contributed by atoms with Gasteiger partial charge in [0.15, 0.2) is 0 Å². The van der Waals surface area contributed by atoms with Crippen molar-refractivity contribution in [2.24, 2.45) is 0 Å². The molecule has 1 aliphatic rings. The summed E-state index contributed by atoms with van der Waals surface area (Å²) in [6, 6.07) is 18.2. The van der Waals surface area contributed by atoms with Gasteiger partial charge in [0.25, 0.3) is 0 Å². The lowest BCUT2D eigenvalue weighted by Crippen LogP contribution is -2.25. The van der Waals surface area contributed by atoms with Gasteiger partial charge in [-0.1, -0.05) is 48.5 Å². The Bertz CT molecular complexity index is 628. The molecule has 2 unspecified atom stereocenters. The van der Waals surface area contributed by atoms with E-state index in [2.05, 4.69) is 86.1 Å². The molecule has 0 aromatic heterocycles. The van der Waals surface area contributed by atoms with E-state index in [1.165, 1.54) is 11.1 Å². The normalized spacial score (nSPS) is 22.6. The van der Waals surface area contributed by atoms with E-state index in [-0.39, 0.29) is 0 Å². The Morgan fingerprint density at radius 2 is 0.864 bits per heavy atom. The van der Waals surface area contributed by atoms with Gasteiger partial charge >= 0.3 is 0 Å². The van der Waals surface area contributed by atoms with Gasteiger partial charge in [0, 0.05) is 10.5 Å². The highest BCUT2D eigenvalue weighted by molar-refractivity contribution is 8.35. The third-order valence-electron chi connectivity index (χ3n) is 4.62. The van der Waals surface area contributed by atoms with Crippen molar-refractivity contribution in [3.63, 3.8) is 0 Å². The molecule has 0 fully saturated rings. The number of benzene rings is 2. The summed E-state index contributed by atoms with van der Waals surface area (Å²) in [5, 5.41) is 1.32. The second kappa shape index (κ2) is 5.35. The van der Waals surface area contributed by atoms with Gasteiger partial charge in [-0.3, -0.25) is 0 Å². The van der Waals surface area contributed by atoms with Crippen molar-refractivity contribution >= 4 is 20.1 Å². The second-order valence-corrected chi connectivity index (χ2v) is 16.6. The van der Waals surface area contributed by atoms with Crippen LogP contribution >= 0.6 is 20.1 Å². The molecular weight excluding hydrogens is 304 g/mol. The first-order chi connectivity index (χ1) is 10.2. The Morgan fingerprint density at radius 1 is 0.545 bits per heavy atom. The summed E-state index contributed by atoms with van der Waals surface area (Å²) >= 11 is 0. The van der Waals surface area contributed by atoms with Crippen LogP contribution in [0, 0.1) is 0 Å². The predicted molar refractivity (Wildman–Crippen MR) is 108 cm³/mol. The van der Waals surface area contributed by atoms with Crippen molar-refractivity contribution in [2.45, 2.75) is 10.5 Å². The van der Waals surface area contributed by atoms with E-state index in [1.54, 1.807) is 11.1 Å². The Balaban J connectivity index is 2.35. The van der Waals surface area contributed by atoms with Crippen LogP contribution in [0.25, 0.3) is 11.1 Å². The molecule has 0 amide bonds. The average molecular weight is 333 g/mol. The molecular formula is C20H28S2. The molecule has 2 aromatic carbocycles. The SMILES string of the molecule is CS(C)(C)C1c2ccccc2-c2ccccc2C1S(C)(C)C. The van der Waals surface area contributed by atoms with Gasteiger partial charge in [0.2, 0.25) is 0 Å². The van der Waals surface area contributed by atoms with Crippen LogP contribution < -0.4 is 0 Å². The van der Waals surface area contributed by atoms with Crippen molar-refractivity contribution in [3.05, 3.63) is 59.7 Å². The van der Waals surface area contributed by atoms with E-state index < -0.39 is 20.1 Å². The number of rotatable bonds is 2. The van der Waals surface area contributed by atoms with Gasteiger partial charge in [-0.15, -0.1) is 0 Å². The second-order valence-electron chi connectivity index (χ2n) is 7.88. The lowest BCUT2D eigenvalue weighted by Gasteiger charge is -2.52. The summed E-state index contributed by atoms with van der Waals surface area (Å²) in [5.41, 5.74) is 6.09. The maximum atomic E-state index is 2.49. The fourth-order valence-electron chi connectivity index (χ4n) is 3.81. The Kier molecular flexibility index (Phi) is 3.89. The molecule has 0 aliphatic heterocycles. The van der Waals surface area contributed by atoms with Gasteiger partial charge in [-0.25, -0.2) is 20.1 Å². The van der Waals surface area contributed by atoms with Crippen LogP contribution in [-0.4, -0.2) is 37.5 Å². The van der Waals surface area contributed by atoms with E-state index >= 15 is 0 Å². The number of hydrogen-bond acceptors (Lipinski definition) is 0. The topological polar surface area (TPSA) is 0 Å². The Labute approximate surface area is 139 Å². The van der Waals surface area contributed by atoms with Gasteiger partial charge in [0.1, 0.15) is 0 Å². The first kappa shape index (κ1) is 16.0. The minimum absolute atomic E-state index is 0.661. The summed E-state index contributed by atoms with van der Waals surface area (Å²) in [7, 11) is -1.39. The molecule has 0 saturated carbocycles. The molecule has 0 spiro atoms. The molecule has 0 radical (unpaired) electrons. The van der Waals surface area contributed by atoms with E-state index in [1.807, 2.05) is 0 Å². The van der Waals surface area contributed by atoms with Crippen LogP contribution in [0.3, 0.4) is 0 Å². The van der Waals surface area contributed by atoms with Crippen LogP contribution in [0.5, 0.6) is 0 Å². The van der Waals surface area contributed by atoms with Gasteiger partial charge in [-0.05, 0) is 59.8 Å². The quantitative estimate of drug-likeness (QED) is 0.648. The van der Waals surface area contributed by atoms with Gasteiger partial charge < -0.3 is 0 Å². The summed E-state index contributed by atoms with van der Waals surface area (Å²) in [4.78, 5) is 0. The monoisotopic (exact) mass is 332 g/mol. The fraction of sp³-hybridized carbons (Fsp3) is 0.400. The van der Waals surface area contributed by atoms with Crippen LogP contribution in [-0.2, 0) is 0 Å². The third kappa shape index (κ3) is 2.61. The zero-order valence-electron chi connectivity index (χ0n) is 14.6. The summed E-state index contributed by atoms with van der Waals surface area (Å²) < 4.78 is 0. The van der Waals surface area contributed by atoms with Crippen molar-refractivity contribution in [3.8, 4) is 11.1 Å². The molecule has 22 heavy (non-hydrogen) atoms. The molecule has 0 saturated heterocycles. The van der Waals surface area contributed by atoms with Gasteiger partial charge in [0.05, 0.1) is 0 Å². The lowest BCUT2D eigenvalue weighted by molar-refractivity contribution is 0.871. The molecule has 0 N–H and O–H groups in total. The first-order valence-corrected chi connectivity index (χ1v) is 13.6. The maximum absolute atomic E-state index is 2.49. The summed E-state index contributed by atoms with van der Waals surface area (Å²) in [6.07, 6.45) is 14.9. The predicted octanol–water partition coefficient (Wildman–Crippen LogP) is 5.84. The molecule has 2 aromatic rings. The summed E-state index contributed by atoms with van der Waals surface area (Å²) in [5.74, 6) is 0. The molecule has 3 rings (SSSR count). The van der Waals surface area contributed by atoms with Crippen LogP contribution in [0.15, 0.2) is 48.5 Å². The van der Waals surface area contributed by atoms with Crippen LogP contribution in [0.2, 0.25) is 0 Å². The smallest absolute Gasteiger partial charge is 0.0285 e. The fourth-order valence-corrected chi connectivity index (χ4v) is 9.52. The zero-order chi connectivity index (χ0) is 16.1. The van der Waals surface area contributed by atoms with Crippen molar-refractivity contribution in [1.29, 1.82) is 0 Å². The molecule has 2 atom stereocenters. The molecule has 120 valence electrons. The van der Waals surface area contributed by atoms with Crippen LogP contribution in [0.1, 0.15) is 21.6 Å². The maximum Gasteiger partial charge on any atom is 0.0285 e. The van der Waals surface area contributed by atoms with Crippen LogP contribution in [0.4, 0.5) is 0 Å². The summed E-state index contributed by atoms with van der Waals surface area (Å²) in [6.45, 7) is 0. The van der Waals surface area contributed by atoms with E-state index in [4.69, 9.17) is 0 Å². The van der Waals surface area contributed by atoms with Crippen molar-refractivity contribution in [1.82, 2.24) is 0 Å². The largest absolute Gasteiger partial charge is 0.242 e. The van der Waals surface area contributed by atoms with Gasteiger partial charge in [-0.2, -0.15) is 0 Å². The molecule has 0 heterocycles. The van der Waals surface area contributed by atoms with E-state index in [0.29, 0.717) is 10.5 Å². The standard InChI is InChI=1S/C20H28S2/c1-21(2,3)19-17-13-9-7-11-15(17)16-12-8-10-14-18(16)20(19)22(4,5)6/h7-14,19-20H,1-6H3. The van der Waals surface area contributed by atoms with Crippen molar-refractivity contribution < 1.29 is 0 Å². The first-order valence-electron chi connectivity index (χ1n) is 7.74. The lowest BCUT2D eigenvalue weighted by atomic mass is 9.85. The van der Waals surface area contributed by atoms with Crippen molar-refractivity contribution in [2.75, 3.05) is 37.5 Å². The number of hydrogen-bond donors (Lipinski definition) is 0. The molecule has 2 heteroatoms. The molecule has 1 aliphatic carbocycles. The average Bonchev–Trinajstić information content (AvgIpc) is 2.43. The molecule has 0 nitrogen and oxygen atoms in total. The van der Waals surface area contributed by atoms with E-state index in [9.17, 15) is 0 Å². The van der Waals surface area contributed by atoms with E-state index in [0.717, 1.165) is 0 Å². The molecule has 0 bridgehead atoms. The Hall–Kier alpha value is -0.860. The minimum atomic E-state index is -0.693.